The Morgan fingerprint density at radius 3 is 0.881 bits per heavy atom. The van der Waals surface area contributed by atoms with Gasteiger partial charge in [0.15, 0.2) is 6.10 Å². The first-order chi connectivity index (χ1) is 28.6. The number of esters is 3. The molecular formula is C53H102O6. The van der Waals surface area contributed by atoms with E-state index in [9.17, 15) is 14.4 Å². The SMILES string of the molecule is CCC(C)CCCCCCCCC(=O)O[C@H](COC(=O)CCCCCCCCCCCCCCCC(C)C)COC(=O)CCCCCCCCCCCCCCC(C)C. The van der Waals surface area contributed by atoms with E-state index >= 15 is 0 Å². The van der Waals surface area contributed by atoms with Crippen LogP contribution in [0.1, 0.15) is 286 Å². The fraction of sp³-hybridized carbons (Fsp3) is 0.943. The van der Waals surface area contributed by atoms with Crippen molar-refractivity contribution in [1.29, 1.82) is 0 Å². The van der Waals surface area contributed by atoms with Gasteiger partial charge in [-0.1, -0.05) is 247 Å². The standard InChI is InChI=1S/C53H102O6/c1-7-49(6)41-35-29-25-26-32-38-44-53(56)59-50(46-58-52(55)43-37-31-24-20-16-12-11-14-18-22-28-34-40-48(4)5)45-57-51(54)42-36-30-23-19-15-10-8-9-13-17-21-27-33-39-47(2)3/h47-50H,7-46H2,1-6H3/t49?,50-/m1/s1. The van der Waals surface area contributed by atoms with Gasteiger partial charge >= 0.3 is 17.9 Å². The first-order valence-electron chi connectivity index (χ1n) is 26.1. The van der Waals surface area contributed by atoms with Gasteiger partial charge in [-0.3, -0.25) is 14.4 Å². The highest BCUT2D eigenvalue weighted by Crippen LogP contribution is 2.18. The minimum absolute atomic E-state index is 0.0654. The number of hydrogen-bond acceptors (Lipinski definition) is 6. The van der Waals surface area contributed by atoms with Gasteiger partial charge in [0.05, 0.1) is 0 Å². The van der Waals surface area contributed by atoms with Gasteiger partial charge in [-0.15, -0.1) is 0 Å². The first kappa shape index (κ1) is 57.4. The van der Waals surface area contributed by atoms with Crippen LogP contribution in [-0.4, -0.2) is 37.2 Å². The molecular weight excluding hydrogens is 733 g/mol. The maximum Gasteiger partial charge on any atom is 0.306 e. The van der Waals surface area contributed by atoms with Crippen molar-refractivity contribution in [3.63, 3.8) is 0 Å². The molecule has 0 aromatic rings. The maximum absolute atomic E-state index is 12.7. The third kappa shape index (κ3) is 45.8. The molecule has 0 aromatic heterocycles. The Hall–Kier alpha value is -1.59. The van der Waals surface area contributed by atoms with Crippen molar-refractivity contribution >= 4 is 17.9 Å². The molecule has 0 aliphatic rings. The summed E-state index contributed by atoms with van der Waals surface area (Å²) in [4.78, 5) is 37.9. The molecule has 0 spiro atoms. The minimum atomic E-state index is -0.763. The fourth-order valence-electron chi connectivity index (χ4n) is 7.91. The summed E-state index contributed by atoms with van der Waals surface area (Å²) < 4.78 is 16.8. The summed E-state index contributed by atoms with van der Waals surface area (Å²) in [5.41, 5.74) is 0. The lowest BCUT2D eigenvalue weighted by Gasteiger charge is -2.18. The van der Waals surface area contributed by atoms with Crippen LogP contribution in [0, 0.1) is 17.8 Å². The van der Waals surface area contributed by atoms with Crippen LogP contribution < -0.4 is 0 Å². The number of unbranched alkanes of at least 4 members (excludes halogenated alkanes) is 28. The van der Waals surface area contributed by atoms with Gasteiger partial charge in [0, 0.05) is 19.3 Å². The van der Waals surface area contributed by atoms with Crippen molar-refractivity contribution in [3.05, 3.63) is 0 Å². The summed E-state index contributed by atoms with van der Waals surface area (Å²) in [6.45, 7) is 13.7. The topological polar surface area (TPSA) is 78.9 Å². The minimum Gasteiger partial charge on any atom is -0.462 e. The van der Waals surface area contributed by atoms with Crippen LogP contribution in [0.15, 0.2) is 0 Å². The summed E-state index contributed by atoms with van der Waals surface area (Å²) >= 11 is 0. The second-order valence-corrected chi connectivity index (χ2v) is 19.4. The largest absolute Gasteiger partial charge is 0.462 e. The Morgan fingerprint density at radius 2 is 0.593 bits per heavy atom. The highest BCUT2D eigenvalue weighted by molar-refractivity contribution is 5.71. The van der Waals surface area contributed by atoms with Gasteiger partial charge in [-0.2, -0.15) is 0 Å². The molecule has 6 nitrogen and oxygen atoms in total. The van der Waals surface area contributed by atoms with Gasteiger partial charge in [-0.05, 0) is 37.0 Å². The van der Waals surface area contributed by atoms with Crippen molar-refractivity contribution in [1.82, 2.24) is 0 Å². The monoisotopic (exact) mass is 835 g/mol. The summed E-state index contributed by atoms with van der Waals surface area (Å²) in [7, 11) is 0. The summed E-state index contributed by atoms with van der Waals surface area (Å²) in [5, 5.41) is 0. The lowest BCUT2D eigenvalue weighted by molar-refractivity contribution is -0.167. The van der Waals surface area contributed by atoms with E-state index in [1.807, 2.05) is 0 Å². The number of carbonyl (C=O) groups excluding carboxylic acids is 3. The van der Waals surface area contributed by atoms with Crippen molar-refractivity contribution in [2.24, 2.45) is 17.8 Å². The smallest absolute Gasteiger partial charge is 0.306 e. The predicted octanol–water partition coefficient (Wildman–Crippen LogP) is 16.8. The third-order valence-electron chi connectivity index (χ3n) is 12.3. The van der Waals surface area contributed by atoms with Crippen LogP contribution in [0.5, 0.6) is 0 Å². The molecule has 6 heteroatoms. The third-order valence-corrected chi connectivity index (χ3v) is 12.3. The Bertz CT molecular complexity index is 916. The molecule has 0 amide bonds. The van der Waals surface area contributed by atoms with Gasteiger partial charge < -0.3 is 14.2 Å². The second-order valence-electron chi connectivity index (χ2n) is 19.4. The zero-order chi connectivity index (χ0) is 43.4. The first-order valence-corrected chi connectivity index (χ1v) is 26.1. The molecule has 0 radical (unpaired) electrons. The predicted molar refractivity (Wildman–Crippen MR) is 252 cm³/mol. The van der Waals surface area contributed by atoms with Gasteiger partial charge in [0.2, 0.25) is 0 Å². The van der Waals surface area contributed by atoms with E-state index in [1.54, 1.807) is 0 Å². The normalized spacial score (nSPS) is 12.6. The van der Waals surface area contributed by atoms with Crippen LogP contribution in [0.25, 0.3) is 0 Å². The average Bonchev–Trinajstić information content (AvgIpc) is 3.20. The molecule has 0 rings (SSSR count). The lowest BCUT2D eigenvalue weighted by Crippen LogP contribution is -2.30. The molecule has 0 saturated heterocycles. The fourth-order valence-corrected chi connectivity index (χ4v) is 7.91. The van der Waals surface area contributed by atoms with Crippen LogP contribution in [0.3, 0.4) is 0 Å². The Morgan fingerprint density at radius 1 is 0.339 bits per heavy atom. The van der Waals surface area contributed by atoms with Crippen molar-refractivity contribution in [3.8, 4) is 0 Å². The molecule has 2 atom stereocenters. The second kappa shape index (κ2) is 44.5. The lowest BCUT2D eigenvalue weighted by atomic mass is 10.00. The quantitative estimate of drug-likeness (QED) is 0.0345. The molecule has 350 valence electrons. The Labute approximate surface area is 368 Å². The molecule has 0 aromatic carbocycles. The molecule has 0 aliphatic carbocycles. The van der Waals surface area contributed by atoms with Crippen molar-refractivity contribution < 1.29 is 28.6 Å². The highest BCUT2D eigenvalue weighted by atomic mass is 16.6. The number of hydrogen-bond donors (Lipinski definition) is 0. The van der Waals surface area contributed by atoms with Gasteiger partial charge in [0.1, 0.15) is 13.2 Å². The van der Waals surface area contributed by atoms with Gasteiger partial charge in [0.25, 0.3) is 0 Å². The van der Waals surface area contributed by atoms with E-state index in [0.29, 0.717) is 19.3 Å². The summed E-state index contributed by atoms with van der Waals surface area (Å²) in [6, 6.07) is 0. The molecule has 0 N–H and O–H groups in total. The Kier molecular flexibility index (Phi) is 43.3. The zero-order valence-corrected chi connectivity index (χ0v) is 40.5. The highest BCUT2D eigenvalue weighted by Gasteiger charge is 2.19. The average molecular weight is 835 g/mol. The maximum atomic E-state index is 12.7. The van der Waals surface area contributed by atoms with Crippen LogP contribution in [0.4, 0.5) is 0 Å². The molecule has 0 saturated carbocycles. The molecule has 1 unspecified atom stereocenters. The van der Waals surface area contributed by atoms with E-state index in [-0.39, 0.29) is 31.1 Å². The molecule has 0 heterocycles. The van der Waals surface area contributed by atoms with E-state index < -0.39 is 6.10 Å². The van der Waals surface area contributed by atoms with Gasteiger partial charge in [-0.25, -0.2) is 0 Å². The molecule has 0 fully saturated rings. The van der Waals surface area contributed by atoms with Crippen molar-refractivity contribution in [2.45, 2.75) is 292 Å². The number of carbonyl (C=O) groups is 3. The molecule has 0 aliphatic heterocycles. The van der Waals surface area contributed by atoms with E-state index in [2.05, 4.69) is 41.5 Å². The summed E-state index contributed by atoms with van der Waals surface area (Å²) in [5.74, 6) is 1.63. The van der Waals surface area contributed by atoms with Crippen LogP contribution >= 0.6 is 0 Å². The van der Waals surface area contributed by atoms with Crippen molar-refractivity contribution in [2.75, 3.05) is 13.2 Å². The van der Waals surface area contributed by atoms with Crippen LogP contribution in [-0.2, 0) is 28.6 Å². The summed E-state index contributed by atoms with van der Waals surface area (Å²) in [6.07, 6.45) is 43.8. The number of rotatable bonds is 46. The van der Waals surface area contributed by atoms with E-state index in [0.717, 1.165) is 75.5 Å². The van der Waals surface area contributed by atoms with E-state index in [1.165, 1.54) is 167 Å². The van der Waals surface area contributed by atoms with E-state index in [4.69, 9.17) is 14.2 Å². The zero-order valence-electron chi connectivity index (χ0n) is 40.5. The van der Waals surface area contributed by atoms with Crippen LogP contribution in [0.2, 0.25) is 0 Å². The number of ether oxygens (including phenoxy) is 3. The molecule has 59 heavy (non-hydrogen) atoms. The molecule has 0 bridgehead atoms. The Balaban J connectivity index is 4.28.